The smallest absolute Gasteiger partial charge is 0.230 e. The first-order valence-electron chi connectivity index (χ1n) is 9.82. The molecule has 29 heavy (non-hydrogen) atoms. The fourth-order valence-corrected chi connectivity index (χ4v) is 3.48. The van der Waals surface area contributed by atoms with Gasteiger partial charge in [0.25, 0.3) is 0 Å². The monoisotopic (exact) mass is 383 g/mol. The van der Waals surface area contributed by atoms with E-state index in [1.807, 2.05) is 60.8 Å². The summed E-state index contributed by atoms with van der Waals surface area (Å²) in [5.74, 6) is -0.0543. The Bertz CT molecular complexity index is 1200. The number of fused-ring (bicyclic) bond motifs is 1. The van der Waals surface area contributed by atoms with Crippen LogP contribution >= 0.6 is 0 Å². The number of aromatic nitrogens is 2. The van der Waals surface area contributed by atoms with Crippen molar-refractivity contribution < 1.29 is 4.79 Å². The van der Waals surface area contributed by atoms with Gasteiger partial charge >= 0.3 is 0 Å². The van der Waals surface area contributed by atoms with Crippen LogP contribution in [-0.2, 0) is 11.2 Å². The number of anilines is 1. The molecule has 0 saturated carbocycles. The van der Waals surface area contributed by atoms with Crippen molar-refractivity contribution >= 4 is 17.2 Å². The van der Waals surface area contributed by atoms with E-state index < -0.39 is 0 Å². The number of hydrogen-bond acceptors (Lipinski definition) is 2. The lowest BCUT2D eigenvalue weighted by atomic mass is 10.0. The van der Waals surface area contributed by atoms with Crippen LogP contribution in [0.3, 0.4) is 0 Å². The molecule has 0 aliphatic heterocycles. The summed E-state index contributed by atoms with van der Waals surface area (Å²) in [7, 11) is 0. The number of benzene rings is 2. The number of carbonyl (C=O) groups excluding carboxylic acids is 1. The zero-order valence-corrected chi connectivity index (χ0v) is 17.3. The molecule has 4 nitrogen and oxygen atoms in total. The molecule has 2 heterocycles. The summed E-state index contributed by atoms with van der Waals surface area (Å²) in [4.78, 5) is 17.7. The zero-order chi connectivity index (χ0) is 20.5. The quantitative estimate of drug-likeness (QED) is 0.512. The lowest BCUT2D eigenvalue weighted by Gasteiger charge is -2.09. The second-order valence-corrected chi connectivity index (χ2v) is 7.73. The number of amides is 1. The third-order valence-electron chi connectivity index (χ3n) is 5.32. The second kappa shape index (κ2) is 7.55. The molecule has 0 bridgehead atoms. The van der Waals surface area contributed by atoms with Crippen molar-refractivity contribution in [2.45, 2.75) is 34.1 Å². The number of rotatable bonds is 4. The van der Waals surface area contributed by atoms with Crippen LogP contribution in [0.4, 0.5) is 5.69 Å². The molecule has 0 aliphatic carbocycles. The Hall–Kier alpha value is -3.40. The average molecular weight is 383 g/mol. The molecule has 4 rings (SSSR count). The number of carbonyl (C=O) groups is 1. The molecule has 0 unspecified atom stereocenters. The van der Waals surface area contributed by atoms with E-state index in [9.17, 15) is 4.79 Å². The summed E-state index contributed by atoms with van der Waals surface area (Å²) in [5.41, 5.74) is 9.22. The highest BCUT2D eigenvalue weighted by atomic mass is 16.1. The number of imidazole rings is 1. The molecular weight excluding hydrogens is 358 g/mol. The fraction of sp³-hybridized carbons (Fsp3) is 0.200. The zero-order valence-electron chi connectivity index (χ0n) is 17.3. The van der Waals surface area contributed by atoms with Crippen molar-refractivity contribution in [3.05, 3.63) is 88.7 Å². The van der Waals surface area contributed by atoms with Gasteiger partial charge in [0, 0.05) is 17.4 Å². The van der Waals surface area contributed by atoms with Crippen LogP contribution < -0.4 is 5.32 Å². The van der Waals surface area contributed by atoms with E-state index in [1.54, 1.807) is 0 Å². The molecular formula is C25H25N3O. The molecule has 146 valence electrons. The molecule has 0 fully saturated rings. The van der Waals surface area contributed by atoms with Gasteiger partial charge in [0.05, 0.1) is 17.8 Å². The summed E-state index contributed by atoms with van der Waals surface area (Å²) < 4.78 is 2.02. The number of nitrogens with zero attached hydrogens (tertiary/aromatic N) is 2. The van der Waals surface area contributed by atoms with Gasteiger partial charge in [0.2, 0.25) is 5.91 Å². The standard InChI is InChI=1S/C25H25N3O/c1-16-5-9-21(10-6-16)26-24(29)15-22-25(20-8-7-18(3)19(4)14-20)27-23-13-17(2)11-12-28(22)23/h5-14H,15H2,1-4H3,(H,26,29). The van der Waals surface area contributed by atoms with E-state index in [0.717, 1.165) is 39.4 Å². The Balaban J connectivity index is 1.74. The van der Waals surface area contributed by atoms with Gasteiger partial charge in [-0.25, -0.2) is 4.98 Å². The van der Waals surface area contributed by atoms with Crippen molar-refractivity contribution in [1.82, 2.24) is 9.38 Å². The largest absolute Gasteiger partial charge is 0.326 e. The van der Waals surface area contributed by atoms with E-state index in [2.05, 4.69) is 37.4 Å². The average Bonchev–Trinajstić information content (AvgIpc) is 3.03. The van der Waals surface area contributed by atoms with Gasteiger partial charge in [-0.1, -0.05) is 29.8 Å². The Kier molecular flexibility index (Phi) is 4.93. The van der Waals surface area contributed by atoms with Crippen LogP contribution in [0.15, 0.2) is 60.8 Å². The molecule has 0 spiro atoms. The maximum Gasteiger partial charge on any atom is 0.230 e. The molecule has 0 atom stereocenters. The molecule has 4 heteroatoms. The fourth-order valence-electron chi connectivity index (χ4n) is 3.48. The van der Waals surface area contributed by atoms with Crippen molar-refractivity contribution in [1.29, 1.82) is 0 Å². The summed E-state index contributed by atoms with van der Waals surface area (Å²) in [6, 6.07) is 18.3. The van der Waals surface area contributed by atoms with Crippen LogP contribution in [0.2, 0.25) is 0 Å². The van der Waals surface area contributed by atoms with E-state index in [0.29, 0.717) is 0 Å². The van der Waals surface area contributed by atoms with E-state index in [-0.39, 0.29) is 12.3 Å². The highest BCUT2D eigenvalue weighted by molar-refractivity contribution is 5.93. The van der Waals surface area contributed by atoms with Crippen LogP contribution in [0.5, 0.6) is 0 Å². The van der Waals surface area contributed by atoms with Gasteiger partial charge in [-0.15, -0.1) is 0 Å². The van der Waals surface area contributed by atoms with Crippen LogP contribution in [0.1, 0.15) is 27.9 Å². The molecule has 0 radical (unpaired) electrons. The molecule has 1 amide bonds. The third-order valence-corrected chi connectivity index (χ3v) is 5.32. The first kappa shape index (κ1) is 18.9. The minimum Gasteiger partial charge on any atom is -0.326 e. The number of pyridine rings is 1. The van der Waals surface area contributed by atoms with Crippen molar-refractivity contribution in [3.8, 4) is 11.3 Å². The Morgan fingerprint density at radius 3 is 2.38 bits per heavy atom. The van der Waals surface area contributed by atoms with Crippen LogP contribution in [0, 0.1) is 27.7 Å². The maximum absolute atomic E-state index is 12.8. The number of hydrogen-bond donors (Lipinski definition) is 1. The van der Waals surface area contributed by atoms with Crippen molar-refractivity contribution in [3.63, 3.8) is 0 Å². The second-order valence-electron chi connectivity index (χ2n) is 7.73. The van der Waals surface area contributed by atoms with Crippen molar-refractivity contribution in [2.24, 2.45) is 0 Å². The van der Waals surface area contributed by atoms with Crippen LogP contribution in [0.25, 0.3) is 16.9 Å². The Morgan fingerprint density at radius 1 is 0.897 bits per heavy atom. The SMILES string of the molecule is Cc1ccc(NC(=O)Cc2c(-c3ccc(C)c(C)c3)nc3cc(C)ccn23)cc1. The summed E-state index contributed by atoms with van der Waals surface area (Å²) in [6.45, 7) is 8.28. The summed E-state index contributed by atoms with van der Waals surface area (Å²) in [6.07, 6.45) is 2.25. The summed E-state index contributed by atoms with van der Waals surface area (Å²) in [5, 5.41) is 3.00. The minimum absolute atomic E-state index is 0.0543. The topological polar surface area (TPSA) is 46.4 Å². The van der Waals surface area contributed by atoms with Gasteiger partial charge in [-0.3, -0.25) is 4.79 Å². The van der Waals surface area contributed by atoms with E-state index in [1.165, 1.54) is 11.1 Å². The van der Waals surface area contributed by atoms with Crippen LogP contribution in [-0.4, -0.2) is 15.3 Å². The van der Waals surface area contributed by atoms with E-state index >= 15 is 0 Å². The normalized spacial score (nSPS) is 11.0. The van der Waals surface area contributed by atoms with Crippen molar-refractivity contribution in [2.75, 3.05) is 5.32 Å². The molecule has 2 aromatic heterocycles. The summed E-state index contributed by atoms with van der Waals surface area (Å²) >= 11 is 0. The highest BCUT2D eigenvalue weighted by Gasteiger charge is 2.18. The molecule has 4 aromatic rings. The molecule has 0 aliphatic rings. The molecule has 0 saturated heterocycles. The third kappa shape index (κ3) is 3.92. The Labute approximate surface area is 171 Å². The Morgan fingerprint density at radius 2 is 1.66 bits per heavy atom. The minimum atomic E-state index is -0.0543. The molecule has 2 aromatic carbocycles. The number of nitrogens with one attached hydrogen (secondary N) is 1. The highest BCUT2D eigenvalue weighted by Crippen LogP contribution is 2.27. The maximum atomic E-state index is 12.8. The van der Waals surface area contributed by atoms with Gasteiger partial charge in [0.15, 0.2) is 0 Å². The first-order chi connectivity index (χ1) is 13.9. The lowest BCUT2D eigenvalue weighted by Crippen LogP contribution is -2.16. The predicted octanol–water partition coefficient (Wildman–Crippen LogP) is 5.42. The lowest BCUT2D eigenvalue weighted by molar-refractivity contribution is -0.115. The van der Waals surface area contributed by atoms with Gasteiger partial charge in [-0.2, -0.15) is 0 Å². The number of aryl methyl sites for hydroxylation is 4. The predicted molar refractivity (Wildman–Crippen MR) is 118 cm³/mol. The van der Waals surface area contributed by atoms with Gasteiger partial charge in [-0.05, 0) is 74.7 Å². The van der Waals surface area contributed by atoms with Gasteiger partial charge in [0.1, 0.15) is 5.65 Å². The molecule has 1 N–H and O–H groups in total. The van der Waals surface area contributed by atoms with Gasteiger partial charge < -0.3 is 9.72 Å². The first-order valence-corrected chi connectivity index (χ1v) is 9.82. The van der Waals surface area contributed by atoms with E-state index in [4.69, 9.17) is 4.98 Å².